The Morgan fingerprint density at radius 2 is 2.15 bits per heavy atom. The number of nitrogens with zero attached hydrogens (tertiary/aromatic N) is 5. The van der Waals surface area contributed by atoms with Gasteiger partial charge in [-0.25, -0.2) is 9.50 Å². The molecule has 0 aliphatic rings. The molecule has 0 radical (unpaired) electrons. The summed E-state index contributed by atoms with van der Waals surface area (Å²) < 4.78 is 6.29. The number of carbonyl (C=O) groups is 2. The van der Waals surface area contributed by atoms with Crippen LogP contribution in [-0.4, -0.2) is 56.6 Å². The van der Waals surface area contributed by atoms with Crippen LogP contribution in [0.4, 0.5) is 0 Å². The molecule has 20 heavy (non-hydrogen) atoms. The van der Waals surface area contributed by atoms with E-state index in [-0.39, 0.29) is 19.1 Å². The van der Waals surface area contributed by atoms with Gasteiger partial charge in [-0.15, -0.1) is 0 Å². The molecule has 8 nitrogen and oxygen atoms in total. The largest absolute Gasteiger partial charge is 0.465 e. The molecular weight excluding hydrogens is 262 g/mol. The van der Waals surface area contributed by atoms with Crippen molar-refractivity contribution in [2.45, 2.75) is 13.8 Å². The predicted octanol–water partition coefficient (Wildman–Crippen LogP) is 0.0678. The summed E-state index contributed by atoms with van der Waals surface area (Å²) in [6.45, 7) is 3.63. The van der Waals surface area contributed by atoms with Crippen LogP contribution in [-0.2, 0) is 9.53 Å². The van der Waals surface area contributed by atoms with Crippen molar-refractivity contribution in [3.8, 4) is 0 Å². The Balaban J connectivity index is 2.22. The molecule has 8 heteroatoms. The van der Waals surface area contributed by atoms with Gasteiger partial charge in [-0.2, -0.15) is 10.1 Å². The van der Waals surface area contributed by atoms with Gasteiger partial charge in [-0.05, 0) is 13.8 Å². The molecule has 0 unspecified atom stereocenters. The summed E-state index contributed by atoms with van der Waals surface area (Å²) in [4.78, 5) is 32.9. The predicted molar refractivity (Wildman–Crippen MR) is 69.1 cm³/mol. The van der Waals surface area contributed by atoms with Crippen molar-refractivity contribution in [1.82, 2.24) is 24.5 Å². The van der Waals surface area contributed by atoms with E-state index in [9.17, 15) is 9.59 Å². The highest BCUT2D eigenvalue weighted by atomic mass is 16.5. The molecule has 0 bridgehead atoms. The summed E-state index contributed by atoms with van der Waals surface area (Å²) in [6, 6.07) is 0. The molecule has 2 heterocycles. The van der Waals surface area contributed by atoms with Gasteiger partial charge in [0.25, 0.3) is 11.7 Å². The summed E-state index contributed by atoms with van der Waals surface area (Å²) in [6.07, 6.45) is 2.80. The highest BCUT2D eigenvalue weighted by Gasteiger charge is 2.19. The van der Waals surface area contributed by atoms with Crippen LogP contribution in [0, 0.1) is 6.92 Å². The Kier molecular flexibility index (Phi) is 3.92. The van der Waals surface area contributed by atoms with Gasteiger partial charge < -0.3 is 9.64 Å². The average molecular weight is 277 g/mol. The lowest BCUT2D eigenvalue weighted by Crippen LogP contribution is -2.33. The van der Waals surface area contributed by atoms with Crippen LogP contribution in [0.15, 0.2) is 12.5 Å². The molecule has 106 valence electrons. The maximum absolute atomic E-state index is 12.3. The minimum atomic E-state index is -0.448. The first-order valence-corrected chi connectivity index (χ1v) is 6.11. The zero-order valence-electron chi connectivity index (χ0n) is 11.5. The number of fused-ring (bicyclic) bond motifs is 1. The summed E-state index contributed by atoms with van der Waals surface area (Å²) in [5.74, 6) is -0.344. The minimum Gasteiger partial charge on any atom is -0.465 e. The van der Waals surface area contributed by atoms with Crippen molar-refractivity contribution < 1.29 is 14.3 Å². The Hall–Kier alpha value is -2.51. The second-order valence-electron chi connectivity index (χ2n) is 4.20. The van der Waals surface area contributed by atoms with E-state index >= 15 is 0 Å². The highest BCUT2D eigenvalue weighted by molar-refractivity contribution is 5.96. The molecule has 0 aliphatic carbocycles. The second-order valence-corrected chi connectivity index (χ2v) is 4.20. The number of carbonyl (C=O) groups excluding carboxylic acids is 2. The fraction of sp³-hybridized carbons (Fsp3) is 0.417. The molecule has 0 aliphatic heterocycles. The lowest BCUT2D eigenvalue weighted by molar-refractivity contribution is -0.143. The van der Waals surface area contributed by atoms with Crippen LogP contribution in [0.1, 0.15) is 23.0 Å². The number of likely N-dealkylation sites (N-methyl/N-ethyl adjacent to an activating group) is 1. The zero-order chi connectivity index (χ0) is 14.7. The monoisotopic (exact) mass is 277 g/mol. The van der Waals surface area contributed by atoms with Crippen molar-refractivity contribution in [1.29, 1.82) is 0 Å². The van der Waals surface area contributed by atoms with Crippen LogP contribution in [0.5, 0.6) is 0 Å². The Morgan fingerprint density at radius 3 is 2.85 bits per heavy atom. The quantitative estimate of drug-likeness (QED) is 0.734. The van der Waals surface area contributed by atoms with E-state index < -0.39 is 5.97 Å². The fourth-order valence-electron chi connectivity index (χ4n) is 1.78. The van der Waals surface area contributed by atoms with Gasteiger partial charge in [0.2, 0.25) is 0 Å². The van der Waals surface area contributed by atoms with Gasteiger partial charge in [0.1, 0.15) is 12.9 Å². The van der Waals surface area contributed by atoms with Crippen LogP contribution in [0.25, 0.3) is 5.78 Å². The minimum absolute atomic E-state index is 0.110. The lowest BCUT2D eigenvalue weighted by atomic mass is 10.2. The molecule has 0 saturated heterocycles. The van der Waals surface area contributed by atoms with Crippen molar-refractivity contribution in [3.63, 3.8) is 0 Å². The molecule has 2 aromatic heterocycles. The van der Waals surface area contributed by atoms with Gasteiger partial charge >= 0.3 is 5.97 Å². The van der Waals surface area contributed by atoms with Crippen LogP contribution in [0.3, 0.4) is 0 Å². The molecule has 0 fully saturated rings. The maximum Gasteiger partial charge on any atom is 0.325 e. The van der Waals surface area contributed by atoms with Gasteiger partial charge in [0.05, 0.1) is 17.9 Å². The molecule has 2 rings (SSSR count). The SMILES string of the molecule is CCOC(=O)CN(C)C(=O)c1cnc2ncnn2c1C. The number of rotatable bonds is 4. The smallest absolute Gasteiger partial charge is 0.325 e. The van der Waals surface area contributed by atoms with Crippen LogP contribution < -0.4 is 0 Å². The molecule has 0 N–H and O–H groups in total. The Bertz CT molecular complexity index is 652. The van der Waals surface area contributed by atoms with Gasteiger partial charge in [-0.1, -0.05) is 0 Å². The standard InChI is InChI=1S/C12H15N5O3/c1-4-20-10(18)6-16(3)11(19)9-5-13-12-14-7-15-17(12)8(9)2/h5,7H,4,6H2,1-3H3. The third kappa shape index (κ3) is 2.58. The van der Waals surface area contributed by atoms with Gasteiger partial charge in [-0.3, -0.25) is 9.59 Å². The van der Waals surface area contributed by atoms with Crippen molar-refractivity contribution in [2.75, 3.05) is 20.2 Å². The van der Waals surface area contributed by atoms with Crippen LogP contribution >= 0.6 is 0 Å². The number of esters is 1. The Morgan fingerprint density at radius 1 is 1.40 bits per heavy atom. The number of amides is 1. The molecule has 0 aromatic carbocycles. The van der Waals surface area contributed by atoms with E-state index in [1.165, 1.54) is 29.0 Å². The maximum atomic E-state index is 12.3. The van der Waals surface area contributed by atoms with E-state index in [0.717, 1.165) is 0 Å². The Labute approximate surface area is 115 Å². The van der Waals surface area contributed by atoms with E-state index in [0.29, 0.717) is 17.0 Å². The number of aromatic nitrogens is 4. The zero-order valence-corrected chi connectivity index (χ0v) is 11.5. The van der Waals surface area contributed by atoms with E-state index in [1.807, 2.05) is 0 Å². The normalized spacial score (nSPS) is 10.6. The van der Waals surface area contributed by atoms with E-state index in [2.05, 4.69) is 15.1 Å². The molecule has 1 amide bonds. The first-order chi connectivity index (χ1) is 9.54. The van der Waals surface area contributed by atoms with Crippen molar-refractivity contribution in [3.05, 3.63) is 23.8 Å². The lowest BCUT2D eigenvalue weighted by Gasteiger charge is -2.17. The third-order valence-corrected chi connectivity index (χ3v) is 2.80. The summed E-state index contributed by atoms with van der Waals surface area (Å²) >= 11 is 0. The summed E-state index contributed by atoms with van der Waals surface area (Å²) in [5.41, 5.74) is 0.989. The third-order valence-electron chi connectivity index (χ3n) is 2.80. The topological polar surface area (TPSA) is 89.7 Å². The molecule has 0 atom stereocenters. The first-order valence-electron chi connectivity index (χ1n) is 6.11. The van der Waals surface area contributed by atoms with E-state index in [1.54, 1.807) is 13.8 Å². The number of aryl methyl sites for hydroxylation is 1. The van der Waals surface area contributed by atoms with Crippen LogP contribution in [0.2, 0.25) is 0 Å². The number of hydrogen-bond acceptors (Lipinski definition) is 6. The summed E-state index contributed by atoms with van der Waals surface area (Å²) in [7, 11) is 1.53. The molecule has 0 saturated carbocycles. The molecular formula is C12H15N5O3. The number of ether oxygens (including phenoxy) is 1. The number of hydrogen-bond donors (Lipinski definition) is 0. The second kappa shape index (κ2) is 5.64. The fourth-order valence-corrected chi connectivity index (χ4v) is 1.78. The molecule has 0 spiro atoms. The van der Waals surface area contributed by atoms with Crippen molar-refractivity contribution in [2.24, 2.45) is 0 Å². The summed E-state index contributed by atoms with van der Waals surface area (Å²) in [5, 5.41) is 3.99. The highest BCUT2D eigenvalue weighted by Crippen LogP contribution is 2.10. The van der Waals surface area contributed by atoms with Gasteiger partial charge in [0, 0.05) is 13.2 Å². The molecule has 2 aromatic rings. The first kappa shape index (κ1) is 13.9. The average Bonchev–Trinajstić information content (AvgIpc) is 2.88. The van der Waals surface area contributed by atoms with Crippen molar-refractivity contribution >= 4 is 17.7 Å². The van der Waals surface area contributed by atoms with Gasteiger partial charge in [0.15, 0.2) is 0 Å². The van der Waals surface area contributed by atoms with E-state index in [4.69, 9.17) is 4.74 Å².